The third kappa shape index (κ3) is 2.85. The molecule has 1 fully saturated rings. The van der Waals surface area contributed by atoms with Gasteiger partial charge in [0.25, 0.3) is 0 Å². The highest BCUT2D eigenvalue weighted by Crippen LogP contribution is 2.23. The van der Waals surface area contributed by atoms with E-state index in [0.29, 0.717) is 0 Å². The molecule has 1 aliphatic rings. The Balaban J connectivity index is 2.92. The van der Waals surface area contributed by atoms with Gasteiger partial charge in [0.15, 0.2) is 0 Å². The Morgan fingerprint density at radius 3 is 2.33 bits per heavy atom. The molecule has 2 N–H and O–H groups in total. The van der Waals surface area contributed by atoms with Crippen molar-refractivity contribution in [3.05, 3.63) is 0 Å². The van der Waals surface area contributed by atoms with Crippen LogP contribution in [0, 0.1) is 5.92 Å². The lowest BCUT2D eigenvalue weighted by Gasteiger charge is -2.38. The van der Waals surface area contributed by atoms with Crippen molar-refractivity contribution in [2.75, 3.05) is 0 Å². The Hall–Kier alpha value is -1.92. The molecule has 1 saturated heterocycles. The molecule has 0 aromatic rings. The van der Waals surface area contributed by atoms with Crippen LogP contribution in [0.2, 0.25) is 0 Å². The third-order valence-corrected chi connectivity index (χ3v) is 2.59. The molecule has 18 heavy (non-hydrogen) atoms. The minimum absolute atomic E-state index is 0.111. The molecule has 1 atom stereocenters. The Labute approximate surface area is 104 Å². The average molecular weight is 256 g/mol. The summed E-state index contributed by atoms with van der Waals surface area (Å²) in [4.78, 5) is 46.6. The number of carbonyl (C=O) groups is 4. The van der Waals surface area contributed by atoms with Crippen molar-refractivity contribution in [3.8, 4) is 0 Å². The van der Waals surface area contributed by atoms with Gasteiger partial charge in [-0.3, -0.25) is 24.6 Å². The van der Waals surface area contributed by atoms with E-state index < -0.39 is 35.3 Å². The van der Waals surface area contributed by atoms with E-state index in [1.165, 1.54) is 0 Å². The number of carboxylic acids is 1. The van der Waals surface area contributed by atoms with Crippen LogP contribution >= 0.6 is 0 Å². The first-order chi connectivity index (χ1) is 8.14. The summed E-state index contributed by atoms with van der Waals surface area (Å²) in [5, 5.41) is 10.6. The molecule has 4 amide bonds. The van der Waals surface area contributed by atoms with Crippen molar-refractivity contribution in [3.63, 3.8) is 0 Å². The minimum atomic E-state index is -1.11. The standard InChI is InChI=1S/C11H16N2O5/c1-11(2,3)13-9(17)6(4-5-7(14)15)8(16)12-10(13)18/h6H,4-5H2,1-3H3,(H,14,15)(H,12,16,18). The van der Waals surface area contributed by atoms with Crippen LogP contribution in [0.1, 0.15) is 33.6 Å². The van der Waals surface area contributed by atoms with Crippen molar-refractivity contribution < 1.29 is 24.3 Å². The highest BCUT2D eigenvalue weighted by Gasteiger charge is 2.44. The molecule has 1 rings (SSSR count). The number of urea groups is 1. The van der Waals surface area contributed by atoms with E-state index in [0.717, 1.165) is 4.90 Å². The van der Waals surface area contributed by atoms with E-state index in [4.69, 9.17) is 5.11 Å². The van der Waals surface area contributed by atoms with Gasteiger partial charge < -0.3 is 5.11 Å². The van der Waals surface area contributed by atoms with Crippen LogP contribution in [-0.4, -0.2) is 39.4 Å². The number of hydrogen-bond donors (Lipinski definition) is 2. The molecule has 7 nitrogen and oxygen atoms in total. The van der Waals surface area contributed by atoms with Gasteiger partial charge in [-0.1, -0.05) is 0 Å². The average Bonchev–Trinajstić information content (AvgIpc) is 2.13. The van der Waals surface area contributed by atoms with Crippen molar-refractivity contribution in [2.24, 2.45) is 5.92 Å². The molecule has 0 aromatic heterocycles. The number of hydrogen-bond acceptors (Lipinski definition) is 4. The van der Waals surface area contributed by atoms with Gasteiger partial charge in [-0.25, -0.2) is 4.79 Å². The summed E-state index contributed by atoms with van der Waals surface area (Å²) in [6.45, 7) is 4.98. The van der Waals surface area contributed by atoms with Crippen molar-refractivity contribution in [2.45, 2.75) is 39.2 Å². The molecular weight excluding hydrogens is 240 g/mol. The molecule has 0 saturated carbocycles. The van der Waals surface area contributed by atoms with E-state index in [1.54, 1.807) is 20.8 Å². The number of nitrogens with one attached hydrogen (secondary N) is 1. The number of imide groups is 2. The topological polar surface area (TPSA) is 104 Å². The minimum Gasteiger partial charge on any atom is -0.481 e. The lowest BCUT2D eigenvalue weighted by Crippen LogP contribution is -2.63. The van der Waals surface area contributed by atoms with Crippen LogP contribution in [0.4, 0.5) is 4.79 Å². The second-order valence-electron chi connectivity index (χ2n) is 5.12. The molecule has 0 radical (unpaired) electrons. The third-order valence-electron chi connectivity index (χ3n) is 2.59. The highest BCUT2D eigenvalue weighted by atomic mass is 16.4. The Morgan fingerprint density at radius 2 is 1.89 bits per heavy atom. The summed E-state index contributed by atoms with van der Waals surface area (Å²) in [5.41, 5.74) is -0.761. The normalized spacial score (nSPS) is 20.9. The summed E-state index contributed by atoms with van der Waals surface area (Å²) in [7, 11) is 0. The molecule has 0 bridgehead atoms. The van der Waals surface area contributed by atoms with Gasteiger partial charge in [-0.2, -0.15) is 0 Å². The maximum Gasteiger partial charge on any atom is 0.331 e. The summed E-state index contributed by atoms with van der Waals surface area (Å²) in [6.07, 6.45) is -0.407. The summed E-state index contributed by atoms with van der Waals surface area (Å²) < 4.78 is 0. The SMILES string of the molecule is CC(C)(C)N1C(=O)NC(=O)C(CCC(=O)O)C1=O. The Bertz CT molecular complexity index is 410. The number of amides is 4. The zero-order valence-corrected chi connectivity index (χ0v) is 10.5. The number of aliphatic carboxylic acids is 1. The Morgan fingerprint density at radius 1 is 1.33 bits per heavy atom. The fourth-order valence-corrected chi connectivity index (χ4v) is 1.77. The molecule has 1 unspecified atom stereocenters. The first-order valence-electron chi connectivity index (χ1n) is 5.55. The largest absolute Gasteiger partial charge is 0.481 e. The predicted molar refractivity (Wildman–Crippen MR) is 60.5 cm³/mol. The summed E-state index contributed by atoms with van der Waals surface area (Å²) in [6, 6.07) is -0.760. The van der Waals surface area contributed by atoms with Crippen LogP contribution in [0.3, 0.4) is 0 Å². The summed E-state index contributed by atoms with van der Waals surface area (Å²) in [5.74, 6) is -3.57. The molecular formula is C11H16N2O5. The van der Waals surface area contributed by atoms with Gasteiger partial charge >= 0.3 is 12.0 Å². The van der Waals surface area contributed by atoms with Gasteiger partial charge in [0.05, 0.1) is 0 Å². The Kier molecular flexibility index (Phi) is 3.73. The zero-order chi connectivity index (χ0) is 14.1. The number of carbonyl (C=O) groups excluding carboxylic acids is 3. The molecule has 0 aromatic carbocycles. The van der Waals surface area contributed by atoms with Crippen LogP contribution in [-0.2, 0) is 14.4 Å². The van der Waals surface area contributed by atoms with Crippen molar-refractivity contribution >= 4 is 23.8 Å². The quantitative estimate of drug-likeness (QED) is 0.709. The van der Waals surface area contributed by atoms with E-state index in [9.17, 15) is 19.2 Å². The lowest BCUT2D eigenvalue weighted by molar-refractivity contribution is -0.146. The number of barbiturate groups is 1. The molecule has 0 aliphatic carbocycles. The molecule has 100 valence electrons. The second kappa shape index (κ2) is 4.75. The molecule has 7 heteroatoms. The first kappa shape index (κ1) is 14.1. The predicted octanol–water partition coefficient (Wildman–Crippen LogP) is 0.344. The maximum atomic E-state index is 12.1. The monoisotopic (exact) mass is 256 g/mol. The van der Waals surface area contributed by atoms with E-state index in [-0.39, 0.29) is 12.8 Å². The van der Waals surface area contributed by atoms with Crippen molar-refractivity contribution in [1.82, 2.24) is 10.2 Å². The molecule has 1 aliphatic heterocycles. The van der Waals surface area contributed by atoms with Gasteiger partial charge in [0.1, 0.15) is 5.92 Å². The van der Waals surface area contributed by atoms with E-state index >= 15 is 0 Å². The van der Waals surface area contributed by atoms with Crippen LogP contribution < -0.4 is 5.32 Å². The smallest absolute Gasteiger partial charge is 0.331 e. The van der Waals surface area contributed by atoms with Gasteiger partial charge in [0, 0.05) is 12.0 Å². The lowest BCUT2D eigenvalue weighted by atomic mass is 9.95. The van der Waals surface area contributed by atoms with E-state index in [1.807, 2.05) is 0 Å². The van der Waals surface area contributed by atoms with E-state index in [2.05, 4.69) is 5.32 Å². The zero-order valence-electron chi connectivity index (χ0n) is 10.5. The summed E-state index contributed by atoms with van der Waals surface area (Å²) >= 11 is 0. The van der Waals surface area contributed by atoms with Crippen LogP contribution in [0.5, 0.6) is 0 Å². The van der Waals surface area contributed by atoms with Gasteiger partial charge in [-0.15, -0.1) is 0 Å². The maximum absolute atomic E-state index is 12.1. The fraction of sp³-hybridized carbons (Fsp3) is 0.636. The number of carboxylic acid groups (broad SMARTS) is 1. The number of nitrogens with zero attached hydrogens (tertiary/aromatic N) is 1. The molecule has 1 heterocycles. The first-order valence-corrected chi connectivity index (χ1v) is 5.55. The van der Waals surface area contributed by atoms with Gasteiger partial charge in [-0.05, 0) is 27.2 Å². The molecule has 0 spiro atoms. The highest BCUT2D eigenvalue weighted by molar-refractivity contribution is 6.16. The van der Waals surface area contributed by atoms with Gasteiger partial charge in [0.2, 0.25) is 11.8 Å². The second-order valence-corrected chi connectivity index (χ2v) is 5.12. The van der Waals surface area contributed by atoms with Crippen molar-refractivity contribution in [1.29, 1.82) is 0 Å². The van der Waals surface area contributed by atoms with Crippen LogP contribution in [0.15, 0.2) is 0 Å². The number of rotatable bonds is 3. The fourth-order valence-electron chi connectivity index (χ4n) is 1.77. The van der Waals surface area contributed by atoms with Crippen LogP contribution in [0.25, 0.3) is 0 Å².